The Morgan fingerprint density at radius 1 is 1.25 bits per heavy atom. The summed E-state index contributed by atoms with van der Waals surface area (Å²) in [4.78, 5) is 27.0. The van der Waals surface area contributed by atoms with E-state index in [4.69, 9.17) is 10.5 Å². The van der Waals surface area contributed by atoms with Crippen LogP contribution in [0, 0.1) is 6.92 Å². The summed E-state index contributed by atoms with van der Waals surface area (Å²) in [6, 6.07) is 3.57. The molecule has 0 spiro atoms. The second kappa shape index (κ2) is 8.01. The quantitative estimate of drug-likeness (QED) is 0.799. The molecule has 0 radical (unpaired) electrons. The molecule has 7 heteroatoms. The SMILES string of the molecule is CNc1c(C)cc(OCCN2CCN(C(C)=O)CC2)cc1C(N)=O. The monoisotopic (exact) mass is 334 g/mol. The number of hydrogen-bond donors (Lipinski definition) is 2. The van der Waals surface area contributed by atoms with Crippen molar-refractivity contribution in [1.29, 1.82) is 0 Å². The zero-order valence-corrected chi connectivity index (χ0v) is 14.6. The van der Waals surface area contributed by atoms with Crippen LogP contribution in [0.3, 0.4) is 0 Å². The molecule has 0 atom stereocenters. The number of nitrogens with zero attached hydrogens (tertiary/aromatic N) is 2. The molecule has 7 nitrogen and oxygen atoms in total. The molecule has 1 aliphatic heterocycles. The summed E-state index contributed by atoms with van der Waals surface area (Å²) in [6.45, 7) is 8.05. The molecule has 1 saturated heterocycles. The number of nitrogens with one attached hydrogen (secondary N) is 1. The Labute approximate surface area is 142 Å². The summed E-state index contributed by atoms with van der Waals surface area (Å²) in [6.07, 6.45) is 0. The van der Waals surface area contributed by atoms with E-state index in [1.165, 1.54) is 0 Å². The Morgan fingerprint density at radius 2 is 1.92 bits per heavy atom. The number of benzene rings is 1. The number of hydrogen-bond acceptors (Lipinski definition) is 5. The van der Waals surface area contributed by atoms with E-state index in [9.17, 15) is 9.59 Å². The highest BCUT2D eigenvalue weighted by atomic mass is 16.5. The highest BCUT2D eigenvalue weighted by Gasteiger charge is 2.18. The van der Waals surface area contributed by atoms with Crippen LogP contribution in [0.15, 0.2) is 12.1 Å². The molecule has 0 bridgehead atoms. The van der Waals surface area contributed by atoms with Gasteiger partial charge in [-0.05, 0) is 24.6 Å². The summed E-state index contributed by atoms with van der Waals surface area (Å²) in [5.41, 5.74) is 7.52. The summed E-state index contributed by atoms with van der Waals surface area (Å²) >= 11 is 0. The van der Waals surface area contributed by atoms with Gasteiger partial charge in [-0.1, -0.05) is 0 Å². The van der Waals surface area contributed by atoms with Crippen molar-refractivity contribution in [2.45, 2.75) is 13.8 Å². The van der Waals surface area contributed by atoms with Crippen molar-refractivity contribution >= 4 is 17.5 Å². The highest BCUT2D eigenvalue weighted by Crippen LogP contribution is 2.26. The summed E-state index contributed by atoms with van der Waals surface area (Å²) in [5.74, 6) is 0.293. The largest absolute Gasteiger partial charge is 0.492 e. The van der Waals surface area contributed by atoms with E-state index >= 15 is 0 Å². The number of carbonyl (C=O) groups is 2. The van der Waals surface area contributed by atoms with Crippen LogP contribution in [0.25, 0.3) is 0 Å². The second-order valence-corrected chi connectivity index (χ2v) is 5.97. The Hall–Kier alpha value is -2.28. The molecule has 24 heavy (non-hydrogen) atoms. The number of ether oxygens (including phenoxy) is 1. The fourth-order valence-electron chi connectivity index (χ4n) is 2.94. The molecule has 1 aromatic rings. The zero-order valence-electron chi connectivity index (χ0n) is 14.6. The van der Waals surface area contributed by atoms with Crippen molar-refractivity contribution in [3.63, 3.8) is 0 Å². The first kappa shape index (κ1) is 18.1. The first-order valence-corrected chi connectivity index (χ1v) is 8.15. The fourth-order valence-corrected chi connectivity index (χ4v) is 2.94. The lowest BCUT2D eigenvalue weighted by Crippen LogP contribution is -2.48. The van der Waals surface area contributed by atoms with Gasteiger partial charge in [-0.3, -0.25) is 14.5 Å². The molecule has 0 unspecified atom stereocenters. The lowest BCUT2D eigenvalue weighted by molar-refractivity contribution is -0.130. The van der Waals surface area contributed by atoms with Gasteiger partial charge in [-0.2, -0.15) is 0 Å². The van der Waals surface area contributed by atoms with Gasteiger partial charge < -0.3 is 20.7 Å². The summed E-state index contributed by atoms with van der Waals surface area (Å²) < 4.78 is 5.80. The maximum absolute atomic E-state index is 11.6. The number of aryl methyl sites for hydroxylation is 1. The minimum absolute atomic E-state index is 0.130. The minimum atomic E-state index is -0.478. The van der Waals surface area contributed by atoms with E-state index in [0.717, 1.165) is 44.0 Å². The second-order valence-electron chi connectivity index (χ2n) is 5.97. The lowest BCUT2D eigenvalue weighted by atomic mass is 10.1. The Morgan fingerprint density at radius 3 is 2.46 bits per heavy atom. The van der Waals surface area contributed by atoms with Gasteiger partial charge in [0.2, 0.25) is 5.91 Å². The molecule has 2 amide bonds. The third kappa shape index (κ3) is 4.38. The van der Waals surface area contributed by atoms with Crippen molar-refractivity contribution in [3.05, 3.63) is 23.3 Å². The first-order valence-electron chi connectivity index (χ1n) is 8.15. The Kier molecular flexibility index (Phi) is 6.03. The van der Waals surface area contributed by atoms with Crippen LogP contribution in [0.1, 0.15) is 22.8 Å². The van der Waals surface area contributed by atoms with E-state index in [2.05, 4.69) is 10.2 Å². The normalized spacial score (nSPS) is 15.2. The maximum atomic E-state index is 11.6. The number of amides is 2. The third-order valence-corrected chi connectivity index (χ3v) is 4.32. The van der Waals surface area contributed by atoms with Crippen LogP contribution >= 0.6 is 0 Å². The molecule has 2 rings (SSSR count). The first-order chi connectivity index (χ1) is 11.4. The zero-order chi connectivity index (χ0) is 17.7. The number of rotatable bonds is 6. The molecular weight excluding hydrogens is 308 g/mol. The van der Waals surface area contributed by atoms with Crippen molar-refractivity contribution in [2.75, 3.05) is 51.7 Å². The fraction of sp³-hybridized carbons (Fsp3) is 0.529. The van der Waals surface area contributed by atoms with E-state index in [0.29, 0.717) is 17.9 Å². The van der Waals surface area contributed by atoms with Crippen molar-refractivity contribution < 1.29 is 14.3 Å². The van der Waals surface area contributed by atoms with Gasteiger partial charge >= 0.3 is 0 Å². The number of primary amides is 1. The van der Waals surface area contributed by atoms with Gasteiger partial charge in [0.05, 0.1) is 5.56 Å². The maximum Gasteiger partial charge on any atom is 0.250 e. The van der Waals surface area contributed by atoms with E-state index in [1.807, 2.05) is 17.9 Å². The predicted octanol–water partition coefficient (Wildman–Crippen LogP) is 0.679. The van der Waals surface area contributed by atoms with Gasteiger partial charge in [-0.15, -0.1) is 0 Å². The van der Waals surface area contributed by atoms with Gasteiger partial charge in [-0.25, -0.2) is 0 Å². The van der Waals surface area contributed by atoms with Gasteiger partial charge in [0, 0.05) is 52.4 Å². The van der Waals surface area contributed by atoms with Gasteiger partial charge in [0.15, 0.2) is 0 Å². The van der Waals surface area contributed by atoms with Crippen LogP contribution in [-0.2, 0) is 4.79 Å². The van der Waals surface area contributed by atoms with Crippen molar-refractivity contribution in [3.8, 4) is 5.75 Å². The van der Waals surface area contributed by atoms with E-state index in [-0.39, 0.29) is 5.91 Å². The number of anilines is 1. The standard InChI is InChI=1S/C17H26N4O3/c1-12-10-14(11-15(17(18)23)16(12)19-3)24-9-8-20-4-6-21(7-5-20)13(2)22/h10-11,19H,4-9H2,1-3H3,(H2,18,23). The molecule has 1 fully saturated rings. The van der Waals surface area contributed by atoms with Crippen LogP contribution in [-0.4, -0.2) is 68.0 Å². The van der Waals surface area contributed by atoms with Crippen LogP contribution in [0.2, 0.25) is 0 Å². The molecule has 1 aliphatic rings. The van der Waals surface area contributed by atoms with Crippen molar-refractivity contribution in [2.24, 2.45) is 5.73 Å². The molecular formula is C17H26N4O3. The predicted molar refractivity (Wildman–Crippen MR) is 93.4 cm³/mol. The summed E-state index contributed by atoms with van der Waals surface area (Å²) in [7, 11) is 1.76. The molecule has 0 aliphatic carbocycles. The molecule has 1 aromatic carbocycles. The minimum Gasteiger partial charge on any atom is -0.492 e. The highest BCUT2D eigenvalue weighted by molar-refractivity contribution is 5.99. The smallest absolute Gasteiger partial charge is 0.250 e. The number of piperazine rings is 1. The molecule has 0 aromatic heterocycles. The molecule has 0 saturated carbocycles. The average molecular weight is 334 g/mol. The molecule has 132 valence electrons. The van der Waals surface area contributed by atoms with Crippen molar-refractivity contribution in [1.82, 2.24) is 9.80 Å². The number of carbonyl (C=O) groups excluding carboxylic acids is 2. The molecule has 1 heterocycles. The van der Waals surface area contributed by atoms with E-state index < -0.39 is 5.91 Å². The van der Waals surface area contributed by atoms with Gasteiger partial charge in [0.1, 0.15) is 12.4 Å². The van der Waals surface area contributed by atoms with Gasteiger partial charge in [0.25, 0.3) is 5.91 Å². The average Bonchev–Trinajstić information content (AvgIpc) is 2.54. The van der Waals surface area contributed by atoms with E-state index in [1.54, 1.807) is 20.0 Å². The van der Waals surface area contributed by atoms with Crippen LogP contribution < -0.4 is 15.8 Å². The summed E-state index contributed by atoms with van der Waals surface area (Å²) in [5, 5.41) is 3.00. The van der Waals surface area contributed by atoms with Crippen LogP contribution in [0.4, 0.5) is 5.69 Å². The van der Waals surface area contributed by atoms with Crippen LogP contribution in [0.5, 0.6) is 5.75 Å². The lowest BCUT2D eigenvalue weighted by Gasteiger charge is -2.34. The Balaban J connectivity index is 1.89. The third-order valence-electron chi connectivity index (χ3n) is 4.32. The topological polar surface area (TPSA) is 87.9 Å². The Bertz CT molecular complexity index is 610. The number of nitrogens with two attached hydrogens (primary N) is 1. The molecule has 3 N–H and O–H groups in total.